The summed E-state index contributed by atoms with van der Waals surface area (Å²) < 4.78 is 0. The molecule has 0 aromatic heterocycles. The molecule has 12 heavy (non-hydrogen) atoms. The molecule has 0 saturated heterocycles. The zero-order chi connectivity index (χ0) is 9.14. The number of aliphatic hydroxyl groups excluding tert-OH is 1. The number of hydrogen-bond acceptors (Lipinski definition) is 1. The molecule has 0 radical (unpaired) electrons. The molecule has 0 fully saturated rings. The number of hydrogen-bond donors (Lipinski definition) is 1. The van der Waals surface area contributed by atoms with Crippen molar-refractivity contribution in [3.05, 3.63) is 11.6 Å². The monoisotopic (exact) mass is 168 g/mol. The van der Waals surface area contributed by atoms with Crippen LogP contribution >= 0.6 is 0 Å². The average Bonchev–Trinajstić information content (AvgIpc) is 2.03. The van der Waals surface area contributed by atoms with Crippen molar-refractivity contribution in [2.45, 2.75) is 33.6 Å². The predicted molar refractivity (Wildman–Crippen MR) is 51.9 cm³/mol. The molecule has 0 amide bonds. The molecule has 0 heterocycles. The van der Waals surface area contributed by atoms with E-state index in [4.69, 9.17) is 5.11 Å². The first kappa shape index (κ1) is 9.79. The van der Waals surface area contributed by atoms with E-state index in [2.05, 4.69) is 26.8 Å². The molecule has 0 aliphatic heterocycles. The van der Waals surface area contributed by atoms with Crippen molar-refractivity contribution in [2.24, 2.45) is 17.8 Å². The van der Waals surface area contributed by atoms with Gasteiger partial charge in [-0.15, -0.1) is 0 Å². The van der Waals surface area contributed by atoms with Gasteiger partial charge in [-0.25, -0.2) is 0 Å². The third kappa shape index (κ3) is 1.89. The summed E-state index contributed by atoms with van der Waals surface area (Å²) >= 11 is 0. The Bertz CT molecular complexity index is 172. The van der Waals surface area contributed by atoms with Gasteiger partial charge in [0.2, 0.25) is 0 Å². The maximum atomic E-state index is 9.16. The topological polar surface area (TPSA) is 20.2 Å². The second-order valence-corrected chi connectivity index (χ2v) is 4.07. The van der Waals surface area contributed by atoms with Crippen LogP contribution in [0.3, 0.4) is 0 Å². The molecule has 3 atom stereocenters. The van der Waals surface area contributed by atoms with Crippen LogP contribution in [0.15, 0.2) is 11.6 Å². The van der Waals surface area contributed by atoms with Crippen molar-refractivity contribution in [1.82, 2.24) is 0 Å². The average molecular weight is 168 g/mol. The van der Waals surface area contributed by atoms with Gasteiger partial charge in [0, 0.05) is 6.61 Å². The summed E-state index contributed by atoms with van der Waals surface area (Å²) in [6, 6.07) is 0. The van der Waals surface area contributed by atoms with E-state index in [1.165, 1.54) is 12.8 Å². The number of aliphatic hydroxyl groups is 1. The van der Waals surface area contributed by atoms with Crippen LogP contribution in [0.25, 0.3) is 0 Å². The Kier molecular flexibility index (Phi) is 3.33. The molecule has 0 aromatic carbocycles. The SMILES string of the molecule is CCC1=CC(C)C(CO)C(C)C1. The van der Waals surface area contributed by atoms with Gasteiger partial charge in [0.05, 0.1) is 0 Å². The third-order valence-corrected chi connectivity index (χ3v) is 3.15. The number of rotatable bonds is 2. The van der Waals surface area contributed by atoms with E-state index < -0.39 is 0 Å². The largest absolute Gasteiger partial charge is 0.396 e. The highest BCUT2D eigenvalue weighted by Gasteiger charge is 2.26. The summed E-state index contributed by atoms with van der Waals surface area (Å²) in [7, 11) is 0. The summed E-state index contributed by atoms with van der Waals surface area (Å²) in [5.41, 5.74) is 1.57. The van der Waals surface area contributed by atoms with Crippen LogP contribution in [0, 0.1) is 17.8 Å². The molecule has 1 nitrogen and oxygen atoms in total. The third-order valence-electron chi connectivity index (χ3n) is 3.15. The smallest absolute Gasteiger partial charge is 0.0467 e. The normalized spacial score (nSPS) is 36.3. The molecular weight excluding hydrogens is 148 g/mol. The Hall–Kier alpha value is -0.300. The fourth-order valence-electron chi connectivity index (χ4n) is 2.25. The van der Waals surface area contributed by atoms with Crippen LogP contribution in [0.2, 0.25) is 0 Å². The lowest BCUT2D eigenvalue weighted by atomic mass is 9.75. The van der Waals surface area contributed by atoms with Gasteiger partial charge in [0.15, 0.2) is 0 Å². The van der Waals surface area contributed by atoms with Gasteiger partial charge in [-0.05, 0) is 30.6 Å². The van der Waals surface area contributed by atoms with Crippen molar-refractivity contribution < 1.29 is 5.11 Å². The molecule has 1 aliphatic rings. The Morgan fingerprint density at radius 1 is 1.50 bits per heavy atom. The first-order valence-corrected chi connectivity index (χ1v) is 4.99. The van der Waals surface area contributed by atoms with E-state index in [0.29, 0.717) is 24.4 Å². The fourth-order valence-corrected chi connectivity index (χ4v) is 2.25. The maximum absolute atomic E-state index is 9.16. The molecule has 1 N–H and O–H groups in total. The minimum absolute atomic E-state index is 0.343. The minimum Gasteiger partial charge on any atom is -0.396 e. The second kappa shape index (κ2) is 4.08. The van der Waals surface area contributed by atoms with E-state index in [1.54, 1.807) is 5.57 Å². The van der Waals surface area contributed by atoms with Gasteiger partial charge < -0.3 is 5.11 Å². The van der Waals surface area contributed by atoms with Crippen molar-refractivity contribution in [1.29, 1.82) is 0 Å². The van der Waals surface area contributed by atoms with E-state index in [9.17, 15) is 0 Å². The van der Waals surface area contributed by atoms with Crippen molar-refractivity contribution in [3.8, 4) is 0 Å². The van der Waals surface area contributed by atoms with Gasteiger partial charge in [-0.1, -0.05) is 32.4 Å². The summed E-state index contributed by atoms with van der Waals surface area (Å²) in [5.74, 6) is 1.71. The van der Waals surface area contributed by atoms with Crippen LogP contribution in [-0.4, -0.2) is 11.7 Å². The molecular formula is C11H20O. The van der Waals surface area contributed by atoms with Crippen molar-refractivity contribution in [2.75, 3.05) is 6.61 Å². The first-order chi connectivity index (χ1) is 5.69. The molecule has 1 rings (SSSR count). The van der Waals surface area contributed by atoms with Gasteiger partial charge in [0.25, 0.3) is 0 Å². The van der Waals surface area contributed by atoms with Gasteiger partial charge >= 0.3 is 0 Å². The molecule has 0 saturated carbocycles. The molecule has 1 heteroatoms. The Labute approximate surface area is 75.5 Å². The zero-order valence-electron chi connectivity index (χ0n) is 8.38. The van der Waals surface area contributed by atoms with Crippen molar-refractivity contribution in [3.63, 3.8) is 0 Å². The lowest BCUT2D eigenvalue weighted by Gasteiger charge is -2.32. The van der Waals surface area contributed by atoms with Crippen LogP contribution in [0.5, 0.6) is 0 Å². The fraction of sp³-hybridized carbons (Fsp3) is 0.818. The van der Waals surface area contributed by atoms with E-state index >= 15 is 0 Å². The summed E-state index contributed by atoms with van der Waals surface area (Å²) in [6.07, 6.45) is 4.71. The van der Waals surface area contributed by atoms with E-state index in [0.717, 1.165) is 0 Å². The van der Waals surface area contributed by atoms with Crippen LogP contribution in [0.4, 0.5) is 0 Å². The summed E-state index contributed by atoms with van der Waals surface area (Å²) in [6.45, 7) is 7.02. The first-order valence-electron chi connectivity index (χ1n) is 4.99. The van der Waals surface area contributed by atoms with Gasteiger partial charge in [0.1, 0.15) is 0 Å². The van der Waals surface area contributed by atoms with Crippen LogP contribution < -0.4 is 0 Å². The highest BCUT2D eigenvalue weighted by atomic mass is 16.3. The Balaban J connectivity index is 2.69. The molecule has 70 valence electrons. The number of allylic oxidation sites excluding steroid dienone is 2. The van der Waals surface area contributed by atoms with Crippen molar-refractivity contribution >= 4 is 0 Å². The molecule has 0 bridgehead atoms. The quantitative estimate of drug-likeness (QED) is 0.628. The summed E-state index contributed by atoms with van der Waals surface area (Å²) in [4.78, 5) is 0. The lowest BCUT2D eigenvalue weighted by Crippen LogP contribution is -2.26. The molecule has 1 aliphatic carbocycles. The summed E-state index contributed by atoms with van der Waals surface area (Å²) in [5, 5.41) is 9.16. The van der Waals surface area contributed by atoms with E-state index in [1.807, 2.05) is 0 Å². The van der Waals surface area contributed by atoms with Gasteiger partial charge in [-0.3, -0.25) is 0 Å². The molecule has 0 spiro atoms. The Morgan fingerprint density at radius 3 is 2.58 bits per heavy atom. The highest BCUT2D eigenvalue weighted by Crippen LogP contribution is 2.34. The van der Waals surface area contributed by atoms with Crippen LogP contribution in [0.1, 0.15) is 33.6 Å². The van der Waals surface area contributed by atoms with E-state index in [-0.39, 0.29) is 0 Å². The predicted octanol–water partition coefficient (Wildman–Crippen LogP) is 2.61. The lowest BCUT2D eigenvalue weighted by molar-refractivity contribution is 0.144. The van der Waals surface area contributed by atoms with Crippen LogP contribution in [-0.2, 0) is 0 Å². The highest BCUT2D eigenvalue weighted by molar-refractivity contribution is 5.10. The van der Waals surface area contributed by atoms with Gasteiger partial charge in [-0.2, -0.15) is 0 Å². The molecule has 0 aromatic rings. The minimum atomic E-state index is 0.343. The zero-order valence-corrected chi connectivity index (χ0v) is 8.38. The second-order valence-electron chi connectivity index (χ2n) is 4.07. The standard InChI is InChI=1S/C11H20O/c1-4-10-5-8(2)11(7-12)9(3)6-10/h5,8-9,11-12H,4,6-7H2,1-3H3. The maximum Gasteiger partial charge on any atom is 0.0467 e. The Morgan fingerprint density at radius 2 is 2.17 bits per heavy atom. The molecule has 3 unspecified atom stereocenters.